The number of nitrogens with zero attached hydrogens (tertiary/aromatic N) is 1. The van der Waals surface area contributed by atoms with Crippen molar-refractivity contribution in [1.29, 1.82) is 0 Å². The van der Waals surface area contributed by atoms with Crippen LogP contribution in [0.25, 0.3) is 0 Å². The van der Waals surface area contributed by atoms with E-state index in [1.165, 1.54) is 0 Å². The number of rotatable bonds is 5. The second-order valence-corrected chi connectivity index (χ2v) is 4.24. The lowest BCUT2D eigenvalue weighted by atomic mass is 10.1. The number of hydrogen-bond acceptors (Lipinski definition) is 3. The zero-order valence-corrected chi connectivity index (χ0v) is 11.6. The summed E-state index contributed by atoms with van der Waals surface area (Å²) in [6.07, 6.45) is 0. The second kappa shape index (κ2) is 8.30. The molecule has 4 heteroatoms. The Bertz CT molecular complexity index is 474. The second-order valence-electron chi connectivity index (χ2n) is 4.24. The molecule has 0 aliphatic heterocycles. The van der Waals surface area contributed by atoms with E-state index in [1.807, 2.05) is 19.2 Å². The van der Waals surface area contributed by atoms with E-state index in [0.717, 1.165) is 18.7 Å². The van der Waals surface area contributed by atoms with Crippen molar-refractivity contribution >= 4 is 5.91 Å². The number of hydrogen-bond donors (Lipinski definition) is 2. The van der Waals surface area contributed by atoms with E-state index in [1.54, 1.807) is 12.1 Å². The van der Waals surface area contributed by atoms with Gasteiger partial charge in [0.15, 0.2) is 0 Å². The van der Waals surface area contributed by atoms with Crippen LogP contribution in [0.1, 0.15) is 22.8 Å². The fourth-order valence-electron chi connectivity index (χ4n) is 1.51. The predicted octanol–water partition coefficient (Wildman–Crippen LogP) is 0.678. The van der Waals surface area contributed by atoms with Crippen molar-refractivity contribution in [3.63, 3.8) is 0 Å². The summed E-state index contributed by atoms with van der Waals surface area (Å²) in [7, 11) is 2.02. The molecule has 1 amide bonds. The smallest absolute Gasteiger partial charge is 0.251 e. The molecule has 0 spiro atoms. The lowest BCUT2D eigenvalue weighted by Gasteiger charge is -2.14. The molecule has 0 aliphatic carbocycles. The number of benzene rings is 1. The summed E-state index contributed by atoms with van der Waals surface area (Å²) < 4.78 is 0. The Hall–Kier alpha value is -1.83. The van der Waals surface area contributed by atoms with Crippen LogP contribution in [0.2, 0.25) is 0 Å². The highest BCUT2D eigenvalue weighted by molar-refractivity contribution is 5.94. The minimum absolute atomic E-state index is 0.0686. The van der Waals surface area contributed by atoms with Gasteiger partial charge in [-0.3, -0.25) is 4.79 Å². The maximum atomic E-state index is 11.9. The van der Waals surface area contributed by atoms with Crippen molar-refractivity contribution in [2.45, 2.75) is 6.92 Å². The van der Waals surface area contributed by atoms with Crippen molar-refractivity contribution in [2.24, 2.45) is 5.73 Å². The predicted molar refractivity (Wildman–Crippen MR) is 77.9 cm³/mol. The zero-order valence-electron chi connectivity index (χ0n) is 11.6. The van der Waals surface area contributed by atoms with Gasteiger partial charge in [-0.05, 0) is 31.8 Å². The minimum Gasteiger partial charge on any atom is -0.351 e. The van der Waals surface area contributed by atoms with Crippen LogP contribution in [-0.2, 0) is 0 Å². The molecule has 0 atom stereocenters. The first kappa shape index (κ1) is 15.2. The van der Waals surface area contributed by atoms with E-state index in [9.17, 15) is 4.79 Å². The van der Waals surface area contributed by atoms with Crippen LogP contribution in [0, 0.1) is 11.8 Å². The molecule has 0 saturated heterocycles. The van der Waals surface area contributed by atoms with Crippen LogP contribution in [0.15, 0.2) is 24.3 Å². The van der Waals surface area contributed by atoms with E-state index in [0.29, 0.717) is 18.7 Å². The third-order valence-corrected chi connectivity index (χ3v) is 2.78. The lowest BCUT2D eigenvalue weighted by Crippen LogP contribution is -2.32. The van der Waals surface area contributed by atoms with E-state index in [-0.39, 0.29) is 5.91 Å². The maximum Gasteiger partial charge on any atom is 0.251 e. The summed E-state index contributed by atoms with van der Waals surface area (Å²) in [6, 6.07) is 7.26. The Kier molecular flexibility index (Phi) is 6.65. The number of nitrogens with two attached hydrogens (primary N) is 1. The van der Waals surface area contributed by atoms with E-state index in [2.05, 4.69) is 29.0 Å². The molecule has 1 aromatic rings. The highest BCUT2D eigenvalue weighted by Crippen LogP contribution is 2.03. The van der Waals surface area contributed by atoms with Gasteiger partial charge in [-0.2, -0.15) is 0 Å². The maximum absolute atomic E-state index is 11.9. The first-order valence-electron chi connectivity index (χ1n) is 6.43. The number of carbonyl (C=O) groups excluding carboxylic acids is 1. The van der Waals surface area contributed by atoms with Gasteiger partial charge in [0, 0.05) is 24.2 Å². The molecule has 0 unspecified atom stereocenters. The van der Waals surface area contributed by atoms with E-state index < -0.39 is 0 Å². The van der Waals surface area contributed by atoms with Crippen LogP contribution in [-0.4, -0.2) is 44.0 Å². The molecule has 1 rings (SSSR count). The Morgan fingerprint density at radius 3 is 2.95 bits per heavy atom. The fourth-order valence-corrected chi connectivity index (χ4v) is 1.51. The van der Waals surface area contributed by atoms with Gasteiger partial charge in [-0.25, -0.2) is 0 Å². The van der Waals surface area contributed by atoms with E-state index >= 15 is 0 Å². The molecular weight excluding hydrogens is 238 g/mol. The third kappa shape index (κ3) is 5.56. The molecule has 0 aliphatic rings. The SMILES string of the molecule is CCN(C)CCNC(=O)c1cccc(C#CCN)c1. The number of carbonyl (C=O) groups is 1. The quantitative estimate of drug-likeness (QED) is 0.765. The van der Waals surface area contributed by atoms with Gasteiger partial charge < -0.3 is 16.0 Å². The summed E-state index contributed by atoms with van der Waals surface area (Å²) in [5.41, 5.74) is 6.76. The molecular formula is C15H21N3O. The van der Waals surface area contributed by atoms with Gasteiger partial charge in [-0.15, -0.1) is 0 Å². The Labute approximate surface area is 115 Å². The summed E-state index contributed by atoms with van der Waals surface area (Å²) in [4.78, 5) is 14.1. The summed E-state index contributed by atoms with van der Waals surface area (Å²) >= 11 is 0. The minimum atomic E-state index is -0.0686. The van der Waals surface area contributed by atoms with Gasteiger partial charge in [0.1, 0.15) is 0 Å². The zero-order chi connectivity index (χ0) is 14.1. The summed E-state index contributed by atoms with van der Waals surface area (Å²) in [6.45, 7) is 4.86. The van der Waals surface area contributed by atoms with Crippen molar-refractivity contribution in [3.05, 3.63) is 35.4 Å². The van der Waals surface area contributed by atoms with Crippen molar-refractivity contribution in [3.8, 4) is 11.8 Å². The topological polar surface area (TPSA) is 58.4 Å². The van der Waals surface area contributed by atoms with Crippen LogP contribution in [0.5, 0.6) is 0 Å². The van der Waals surface area contributed by atoms with Crippen LogP contribution in [0.3, 0.4) is 0 Å². The van der Waals surface area contributed by atoms with Gasteiger partial charge in [0.05, 0.1) is 6.54 Å². The summed E-state index contributed by atoms with van der Waals surface area (Å²) in [5, 5.41) is 2.89. The van der Waals surface area contributed by atoms with Crippen molar-refractivity contribution < 1.29 is 4.79 Å². The van der Waals surface area contributed by atoms with Gasteiger partial charge in [-0.1, -0.05) is 24.8 Å². The molecule has 102 valence electrons. The molecule has 4 nitrogen and oxygen atoms in total. The largest absolute Gasteiger partial charge is 0.351 e. The molecule has 0 heterocycles. The first-order valence-corrected chi connectivity index (χ1v) is 6.43. The van der Waals surface area contributed by atoms with Crippen molar-refractivity contribution in [2.75, 3.05) is 33.2 Å². The highest BCUT2D eigenvalue weighted by Gasteiger charge is 2.05. The Balaban J connectivity index is 2.57. The normalized spacial score (nSPS) is 9.89. The number of nitrogens with one attached hydrogen (secondary N) is 1. The Morgan fingerprint density at radius 2 is 2.26 bits per heavy atom. The number of amides is 1. The molecule has 0 saturated carbocycles. The van der Waals surface area contributed by atoms with Gasteiger partial charge in [0.2, 0.25) is 0 Å². The average molecular weight is 259 g/mol. The van der Waals surface area contributed by atoms with Gasteiger partial charge >= 0.3 is 0 Å². The number of likely N-dealkylation sites (N-methyl/N-ethyl adjacent to an activating group) is 1. The summed E-state index contributed by atoms with van der Waals surface area (Å²) in [5.74, 6) is 5.63. The Morgan fingerprint density at radius 1 is 1.47 bits per heavy atom. The van der Waals surface area contributed by atoms with Crippen LogP contribution >= 0.6 is 0 Å². The fraction of sp³-hybridized carbons (Fsp3) is 0.400. The molecule has 3 N–H and O–H groups in total. The van der Waals surface area contributed by atoms with Crippen LogP contribution in [0.4, 0.5) is 0 Å². The standard InChI is InChI=1S/C15H21N3O/c1-3-18(2)11-10-17-15(19)14-8-4-6-13(12-14)7-5-9-16/h4,6,8,12H,3,9-11,16H2,1-2H3,(H,17,19). The highest BCUT2D eigenvalue weighted by atomic mass is 16.1. The van der Waals surface area contributed by atoms with Crippen molar-refractivity contribution in [1.82, 2.24) is 10.2 Å². The lowest BCUT2D eigenvalue weighted by molar-refractivity contribution is 0.0950. The molecule has 19 heavy (non-hydrogen) atoms. The van der Waals surface area contributed by atoms with E-state index in [4.69, 9.17) is 5.73 Å². The monoisotopic (exact) mass is 259 g/mol. The van der Waals surface area contributed by atoms with Gasteiger partial charge in [0.25, 0.3) is 5.91 Å². The molecule has 0 aromatic heterocycles. The first-order chi connectivity index (χ1) is 9.17. The third-order valence-electron chi connectivity index (χ3n) is 2.78. The molecule has 1 aromatic carbocycles. The average Bonchev–Trinajstić information content (AvgIpc) is 2.45. The van der Waals surface area contributed by atoms with Crippen LogP contribution < -0.4 is 11.1 Å². The molecule has 0 bridgehead atoms. The molecule has 0 radical (unpaired) electrons. The molecule has 0 fully saturated rings.